The van der Waals surface area contributed by atoms with Crippen molar-refractivity contribution < 1.29 is 0 Å². The summed E-state index contributed by atoms with van der Waals surface area (Å²) in [6.07, 6.45) is 1.83. The van der Waals surface area contributed by atoms with E-state index in [1.165, 1.54) is 4.88 Å². The van der Waals surface area contributed by atoms with Crippen molar-refractivity contribution in [1.29, 1.82) is 0 Å². The van der Waals surface area contributed by atoms with E-state index in [-0.39, 0.29) is 0 Å². The van der Waals surface area contributed by atoms with Gasteiger partial charge in [0.25, 0.3) is 0 Å². The number of aromatic nitrogens is 1. The Morgan fingerprint density at radius 3 is 2.88 bits per heavy atom. The van der Waals surface area contributed by atoms with Gasteiger partial charge in [-0.2, -0.15) is 0 Å². The standard InChI is InChI=1S/C12H13BrN2S/c1-2-15(9-10-5-4-8-16-10)12-11(13)6-3-7-14-12/h3-8H,2,9H2,1H3. The van der Waals surface area contributed by atoms with Crippen LogP contribution in [0.15, 0.2) is 40.3 Å². The number of rotatable bonds is 4. The first kappa shape index (κ1) is 11.6. The van der Waals surface area contributed by atoms with Crippen molar-refractivity contribution in [3.05, 3.63) is 45.2 Å². The third-order valence-corrected chi connectivity index (χ3v) is 3.83. The van der Waals surface area contributed by atoms with Crippen molar-refractivity contribution in [2.45, 2.75) is 13.5 Å². The van der Waals surface area contributed by atoms with Gasteiger partial charge in [0.2, 0.25) is 0 Å². The molecule has 2 aromatic rings. The van der Waals surface area contributed by atoms with Crippen LogP contribution in [-0.4, -0.2) is 11.5 Å². The third kappa shape index (κ3) is 2.62. The lowest BCUT2D eigenvalue weighted by Crippen LogP contribution is -2.22. The van der Waals surface area contributed by atoms with E-state index in [1.807, 2.05) is 18.3 Å². The average Bonchev–Trinajstić information content (AvgIpc) is 2.80. The second-order valence-electron chi connectivity index (χ2n) is 3.40. The van der Waals surface area contributed by atoms with Crippen LogP contribution in [0.4, 0.5) is 5.82 Å². The van der Waals surface area contributed by atoms with Gasteiger partial charge in [0.1, 0.15) is 5.82 Å². The minimum Gasteiger partial charge on any atom is -0.351 e. The van der Waals surface area contributed by atoms with Gasteiger partial charge in [0, 0.05) is 17.6 Å². The van der Waals surface area contributed by atoms with Gasteiger partial charge in [-0.1, -0.05) is 6.07 Å². The summed E-state index contributed by atoms with van der Waals surface area (Å²) in [4.78, 5) is 8.03. The Hall–Kier alpha value is -0.870. The summed E-state index contributed by atoms with van der Waals surface area (Å²) in [5.41, 5.74) is 0. The van der Waals surface area contributed by atoms with Crippen LogP contribution in [-0.2, 0) is 6.54 Å². The smallest absolute Gasteiger partial charge is 0.143 e. The van der Waals surface area contributed by atoms with Gasteiger partial charge < -0.3 is 4.90 Å². The van der Waals surface area contributed by atoms with E-state index in [1.54, 1.807) is 11.3 Å². The van der Waals surface area contributed by atoms with E-state index in [0.29, 0.717) is 0 Å². The minimum absolute atomic E-state index is 0.920. The van der Waals surface area contributed by atoms with Gasteiger partial charge in [-0.15, -0.1) is 11.3 Å². The van der Waals surface area contributed by atoms with E-state index in [0.717, 1.165) is 23.4 Å². The summed E-state index contributed by atoms with van der Waals surface area (Å²) in [5.74, 6) is 1.01. The van der Waals surface area contributed by atoms with E-state index in [4.69, 9.17) is 0 Å². The highest BCUT2D eigenvalue weighted by Crippen LogP contribution is 2.25. The second-order valence-corrected chi connectivity index (χ2v) is 5.29. The van der Waals surface area contributed by atoms with Crippen LogP contribution in [0.1, 0.15) is 11.8 Å². The number of halogens is 1. The molecule has 0 amide bonds. The molecule has 0 radical (unpaired) electrons. The van der Waals surface area contributed by atoms with Gasteiger partial charge >= 0.3 is 0 Å². The van der Waals surface area contributed by atoms with E-state index < -0.39 is 0 Å². The highest BCUT2D eigenvalue weighted by molar-refractivity contribution is 9.10. The number of pyridine rings is 1. The monoisotopic (exact) mass is 296 g/mol. The van der Waals surface area contributed by atoms with Crippen molar-refractivity contribution in [3.63, 3.8) is 0 Å². The molecule has 2 nitrogen and oxygen atoms in total. The first-order valence-corrected chi connectivity index (χ1v) is 6.86. The topological polar surface area (TPSA) is 16.1 Å². The zero-order valence-corrected chi connectivity index (χ0v) is 11.5. The molecule has 0 aliphatic rings. The molecule has 0 spiro atoms. The Kier molecular flexibility index (Phi) is 3.96. The molecule has 2 heterocycles. The predicted molar refractivity (Wildman–Crippen MR) is 73.0 cm³/mol. The van der Waals surface area contributed by atoms with Crippen LogP contribution >= 0.6 is 27.3 Å². The quantitative estimate of drug-likeness (QED) is 0.850. The van der Waals surface area contributed by atoms with Crippen molar-refractivity contribution in [3.8, 4) is 0 Å². The maximum atomic E-state index is 4.41. The van der Waals surface area contributed by atoms with Crippen molar-refractivity contribution >= 4 is 33.1 Å². The predicted octanol–water partition coefficient (Wildman–Crippen LogP) is 3.93. The molecule has 0 aliphatic heterocycles. The molecule has 0 N–H and O–H groups in total. The summed E-state index contributed by atoms with van der Waals surface area (Å²) in [6.45, 7) is 4.02. The van der Waals surface area contributed by atoms with Crippen molar-refractivity contribution in [2.24, 2.45) is 0 Å². The van der Waals surface area contributed by atoms with Gasteiger partial charge in [-0.3, -0.25) is 0 Å². The van der Waals surface area contributed by atoms with Gasteiger partial charge in [-0.05, 0) is 46.4 Å². The first-order chi connectivity index (χ1) is 7.81. The van der Waals surface area contributed by atoms with E-state index in [2.05, 4.69) is 50.3 Å². The van der Waals surface area contributed by atoms with E-state index in [9.17, 15) is 0 Å². The molecule has 0 bridgehead atoms. The fourth-order valence-corrected chi connectivity index (χ4v) is 2.76. The zero-order valence-electron chi connectivity index (χ0n) is 9.06. The Bertz CT molecular complexity index is 442. The molecule has 0 aliphatic carbocycles. The maximum absolute atomic E-state index is 4.41. The van der Waals surface area contributed by atoms with Crippen LogP contribution in [0.3, 0.4) is 0 Å². The molecule has 0 fully saturated rings. The fourth-order valence-electron chi connectivity index (χ4n) is 1.54. The molecule has 0 unspecified atom stereocenters. The summed E-state index contributed by atoms with van der Waals surface area (Å²) >= 11 is 5.32. The molecule has 2 rings (SSSR count). The third-order valence-electron chi connectivity index (χ3n) is 2.35. The Balaban J connectivity index is 2.20. The average molecular weight is 297 g/mol. The molecule has 0 saturated heterocycles. The highest BCUT2D eigenvalue weighted by Gasteiger charge is 2.10. The SMILES string of the molecule is CCN(Cc1cccs1)c1ncccc1Br. The summed E-state index contributed by atoms with van der Waals surface area (Å²) in [6, 6.07) is 8.21. The highest BCUT2D eigenvalue weighted by atomic mass is 79.9. The summed E-state index contributed by atoms with van der Waals surface area (Å²) in [7, 11) is 0. The van der Waals surface area contributed by atoms with Crippen LogP contribution in [0, 0.1) is 0 Å². The molecule has 2 aromatic heterocycles. The molecule has 0 aromatic carbocycles. The number of nitrogens with zero attached hydrogens (tertiary/aromatic N) is 2. The Morgan fingerprint density at radius 1 is 1.38 bits per heavy atom. The largest absolute Gasteiger partial charge is 0.351 e. The molecular formula is C12H13BrN2S. The zero-order chi connectivity index (χ0) is 11.4. The molecule has 0 atom stereocenters. The molecule has 16 heavy (non-hydrogen) atoms. The number of thiophene rings is 1. The van der Waals surface area contributed by atoms with Crippen molar-refractivity contribution in [2.75, 3.05) is 11.4 Å². The van der Waals surface area contributed by atoms with Crippen LogP contribution in [0.25, 0.3) is 0 Å². The lowest BCUT2D eigenvalue weighted by atomic mass is 10.3. The van der Waals surface area contributed by atoms with Gasteiger partial charge in [0.15, 0.2) is 0 Å². The fraction of sp³-hybridized carbons (Fsp3) is 0.250. The van der Waals surface area contributed by atoms with Crippen LogP contribution in [0.5, 0.6) is 0 Å². The molecular weight excluding hydrogens is 284 g/mol. The first-order valence-electron chi connectivity index (χ1n) is 5.19. The van der Waals surface area contributed by atoms with Crippen LogP contribution in [0.2, 0.25) is 0 Å². The lowest BCUT2D eigenvalue weighted by Gasteiger charge is -2.22. The second kappa shape index (κ2) is 5.46. The van der Waals surface area contributed by atoms with Crippen molar-refractivity contribution in [1.82, 2.24) is 4.98 Å². The number of anilines is 1. The van der Waals surface area contributed by atoms with Gasteiger partial charge in [-0.25, -0.2) is 4.98 Å². The maximum Gasteiger partial charge on any atom is 0.143 e. The molecule has 4 heteroatoms. The Labute approximate surface area is 108 Å². The summed E-state index contributed by atoms with van der Waals surface area (Å²) in [5, 5.41) is 2.11. The number of hydrogen-bond acceptors (Lipinski definition) is 3. The van der Waals surface area contributed by atoms with Crippen LogP contribution < -0.4 is 4.90 Å². The minimum atomic E-state index is 0.920. The normalized spacial score (nSPS) is 10.4. The lowest BCUT2D eigenvalue weighted by molar-refractivity contribution is 0.820. The van der Waals surface area contributed by atoms with Gasteiger partial charge in [0.05, 0.1) is 11.0 Å². The molecule has 0 saturated carbocycles. The Morgan fingerprint density at radius 2 is 2.25 bits per heavy atom. The number of hydrogen-bond donors (Lipinski definition) is 0. The summed E-state index contributed by atoms with van der Waals surface area (Å²) < 4.78 is 1.05. The molecule has 84 valence electrons. The van der Waals surface area contributed by atoms with E-state index >= 15 is 0 Å².